The first kappa shape index (κ1) is 13.5. The van der Waals surface area contributed by atoms with Crippen molar-refractivity contribution >= 4 is 11.6 Å². The number of carbonyl (C=O) groups excluding carboxylic acids is 1. The Kier molecular flexibility index (Phi) is 3.29. The topological polar surface area (TPSA) is 95.2 Å². The Hall–Kier alpha value is -2.50. The number of amides is 1. The second kappa shape index (κ2) is 5.12. The molecule has 21 heavy (non-hydrogen) atoms. The predicted molar refractivity (Wildman–Crippen MR) is 78.9 cm³/mol. The molecule has 1 amide bonds. The van der Waals surface area contributed by atoms with Crippen molar-refractivity contribution in [3.63, 3.8) is 0 Å². The van der Waals surface area contributed by atoms with Crippen LogP contribution in [0.4, 0.5) is 5.69 Å². The molecular weight excluding hydrogens is 268 g/mol. The molecule has 6 heteroatoms. The normalized spacial score (nSPS) is 14.1. The minimum Gasteiger partial charge on any atom is -0.508 e. The Morgan fingerprint density at radius 3 is 2.95 bits per heavy atom. The smallest absolute Gasteiger partial charge is 0.276 e. The van der Waals surface area contributed by atoms with E-state index < -0.39 is 0 Å². The SMILES string of the molecule is CN(Cc1cccc(O)c1)C(=O)c1n[nH]c(C2CC2)c1N. The molecule has 0 radical (unpaired) electrons. The van der Waals surface area contributed by atoms with Gasteiger partial charge in [-0.15, -0.1) is 0 Å². The van der Waals surface area contributed by atoms with Gasteiger partial charge in [-0.05, 0) is 30.5 Å². The maximum Gasteiger partial charge on any atom is 0.276 e. The van der Waals surface area contributed by atoms with E-state index in [9.17, 15) is 9.90 Å². The Labute approximate surface area is 122 Å². The molecule has 6 nitrogen and oxygen atoms in total. The maximum absolute atomic E-state index is 12.4. The summed E-state index contributed by atoms with van der Waals surface area (Å²) < 4.78 is 0. The highest BCUT2D eigenvalue weighted by molar-refractivity contribution is 5.97. The first-order chi connectivity index (χ1) is 10.1. The average Bonchev–Trinajstić information content (AvgIpc) is 3.21. The van der Waals surface area contributed by atoms with Crippen molar-refractivity contribution in [2.45, 2.75) is 25.3 Å². The summed E-state index contributed by atoms with van der Waals surface area (Å²) in [6.45, 7) is 0.387. The number of nitrogen functional groups attached to an aromatic ring is 1. The van der Waals surface area contributed by atoms with Crippen LogP contribution in [0.3, 0.4) is 0 Å². The largest absolute Gasteiger partial charge is 0.508 e. The molecule has 110 valence electrons. The lowest BCUT2D eigenvalue weighted by molar-refractivity contribution is 0.0780. The van der Waals surface area contributed by atoms with Crippen molar-refractivity contribution in [1.82, 2.24) is 15.1 Å². The molecule has 1 heterocycles. The molecule has 0 spiro atoms. The second-order valence-electron chi connectivity index (χ2n) is 5.50. The number of hydrogen-bond acceptors (Lipinski definition) is 4. The molecule has 3 rings (SSSR count). The van der Waals surface area contributed by atoms with Crippen LogP contribution in [0.2, 0.25) is 0 Å². The van der Waals surface area contributed by atoms with Crippen LogP contribution in [0.1, 0.15) is 40.5 Å². The number of nitrogens with one attached hydrogen (secondary N) is 1. The molecule has 1 aliphatic rings. The summed E-state index contributed by atoms with van der Waals surface area (Å²) in [5.41, 5.74) is 8.49. The maximum atomic E-state index is 12.4. The lowest BCUT2D eigenvalue weighted by atomic mass is 10.2. The minimum atomic E-state index is -0.223. The Bertz CT molecular complexity index is 676. The Morgan fingerprint density at radius 2 is 2.29 bits per heavy atom. The number of phenols is 1. The molecule has 0 atom stereocenters. The number of anilines is 1. The summed E-state index contributed by atoms with van der Waals surface area (Å²) in [5, 5.41) is 16.4. The highest BCUT2D eigenvalue weighted by Crippen LogP contribution is 2.42. The summed E-state index contributed by atoms with van der Waals surface area (Å²) in [6.07, 6.45) is 2.19. The summed E-state index contributed by atoms with van der Waals surface area (Å²) in [5.74, 6) is 0.387. The molecule has 0 bridgehead atoms. The molecule has 1 aliphatic carbocycles. The van der Waals surface area contributed by atoms with Crippen LogP contribution < -0.4 is 5.73 Å². The molecule has 0 aliphatic heterocycles. The van der Waals surface area contributed by atoms with Crippen molar-refractivity contribution in [3.05, 3.63) is 41.2 Å². The fraction of sp³-hybridized carbons (Fsp3) is 0.333. The van der Waals surface area contributed by atoms with Crippen LogP contribution in [0.15, 0.2) is 24.3 Å². The van der Waals surface area contributed by atoms with Crippen molar-refractivity contribution in [2.24, 2.45) is 0 Å². The molecule has 0 unspecified atom stereocenters. The average molecular weight is 286 g/mol. The quantitative estimate of drug-likeness (QED) is 0.799. The fourth-order valence-corrected chi connectivity index (χ4v) is 2.39. The third kappa shape index (κ3) is 2.69. The molecule has 1 aromatic heterocycles. The molecular formula is C15H18N4O2. The van der Waals surface area contributed by atoms with E-state index in [4.69, 9.17) is 5.73 Å². The van der Waals surface area contributed by atoms with E-state index in [0.717, 1.165) is 24.1 Å². The Balaban J connectivity index is 1.75. The molecule has 1 aromatic carbocycles. The number of hydrogen-bond donors (Lipinski definition) is 3. The number of benzene rings is 1. The zero-order valence-corrected chi connectivity index (χ0v) is 11.8. The number of rotatable bonds is 4. The number of aromatic nitrogens is 2. The van der Waals surface area contributed by atoms with Gasteiger partial charge in [0.05, 0.1) is 11.4 Å². The van der Waals surface area contributed by atoms with Gasteiger partial charge < -0.3 is 15.7 Å². The number of H-pyrrole nitrogens is 1. The summed E-state index contributed by atoms with van der Waals surface area (Å²) >= 11 is 0. The van der Waals surface area contributed by atoms with Gasteiger partial charge in [-0.2, -0.15) is 5.10 Å². The molecule has 1 saturated carbocycles. The Morgan fingerprint density at radius 1 is 1.52 bits per heavy atom. The van der Waals surface area contributed by atoms with Crippen molar-refractivity contribution in [1.29, 1.82) is 0 Å². The van der Waals surface area contributed by atoms with Crippen LogP contribution >= 0.6 is 0 Å². The summed E-state index contributed by atoms with van der Waals surface area (Å²) in [7, 11) is 1.69. The van der Waals surface area contributed by atoms with E-state index in [1.54, 1.807) is 25.2 Å². The zero-order valence-electron chi connectivity index (χ0n) is 11.8. The predicted octanol–water partition coefficient (Wildman–Crippen LogP) is 1.85. The number of aromatic hydroxyl groups is 1. The van der Waals surface area contributed by atoms with Gasteiger partial charge in [-0.3, -0.25) is 9.89 Å². The number of aromatic amines is 1. The number of nitrogens with zero attached hydrogens (tertiary/aromatic N) is 2. The number of carbonyl (C=O) groups is 1. The van der Waals surface area contributed by atoms with Gasteiger partial charge in [0.1, 0.15) is 5.75 Å². The standard InChI is InChI=1S/C15H18N4O2/c1-19(8-9-3-2-4-11(20)7-9)15(21)14-12(16)13(17-18-14)10-5-6-10/h2-4,7,10,20H,5-6,8,16H2,1H3,(H,17,18). The number of phenolic OH excluding ortho intramolecular Hbond substituents is 1. The number of nitrogens with two attached hydrogens (primary N) is 1. The van der Waals surface area contributed by atoms with Crippen molar-refractivity contribution in [3.8, 4) is 5.75 Å². The zero-order chi connectivity index (χ0) is 15.0. The van der Waals surface area contributed by atoms with E-state index in [1.807, 2.05) is 6.07 Å². The van der Waals surface area contributed by atoms with Crippen LogP contribution in [-0.2, 0) is 6.54 Å². The van der Waals surface area contributed by atoms with Crippen molar-refractivity contribution in [2.75, 3.05) is 12.8 Å². The first-order valence-electron chi connectivity index (χ1n) is 6.93. The molecule has 0 saturated heterocycles. The van der Waals surface area contributed by atoms with Gasteiger partial charge in [0.2, 0.25) is 0 Å². The van der Waals surface area contributed by atoms with Crippen molar-refractivity contribution < 1.29 is 9.90 Å². The third-order valence-corrected chi connectivity index (χ3v) is 3.70. The van der Waals surface area contributed by atoms with Gasteiger partial charge in [0.25, 0.3) is 5.91 Å². The molecule has 2 aromatic rings. The lowest BCUT2D eigenvalue weighted by Gasteiger charge is -2.16. The van der Waals surface area contributed by atoms with Gasteiger partial charge in [0.15, 0.2) is 5.69 Å². The second-order valence-corrected chi connectivity index (χ2v) is 5.50. The molecule has 1 fully saturated rings. The third-order valence-electron chi connectivity index (χ3n) is 3.70. The van der Waals surface area contributed by atoms with Crippen LogP contribution in [0.25, 0.3) is 0 Å². The van der Waals surface area contributed by atoms with E-state index >= 15 is 0 Å². The van der Waals surface area contributed by atoms with Crippen LogP contribution in [-0.4, -0.2) is 33.2 Å². The summed E-state index contributed by atoms with van der Waals surface area (Å²) in [6, 6.07) is 6.83. The van der Waals surface area contributed by atoms with Gasteiger partial charge in [0, 0.05) is 19.5 Å². The van der Waals surface area contributed by atoms with E-state index in [-0.39, 0.29) is 17.4 Å². The molecule has 4 N–H and O–H groups in total. The lowest BCUT2D eigenvalue weighted by Crippen LogP contribution is -2.27. The van der Waals surface area contributed by atoms with Gasteiger partial charge in [-0.1, -0.05) is 12.1 Å². The minimum absolute atomic E-state index is 0.184. The van der Waals surface area contributed by atoms with E-state index in [2.05, 4.69) is 10.2 Å². The van der Waals surface area contributed by atoms with Crippen LogP contribution in [0, 0.1) is 0 Å². The fourth-order valence-electron chi connectivity index (χ4n) is 2.39. The first-order valence-corrected chi connectivity index (χ1v) is 6.93. The summed E-state index contributed by atoms with van der Waals surface area (Å²) in [4.78, 5) is 14.0. The highest BCUT2D eigenvalue weighted by atomic mass is 16.3. The van der Waals surface area contributed by atoms with Gasteiger partial charge in [-0.25, -0.2) is 0 Å². The van der Waals surface area contributed by atoms with E-state index in [0.29, 0.717) is 18.2 Å². The van der Waals surface area contributed by atoms with Crippen LogP contribution in [0.5, 0.6) is 5.75 Å². The highest BCUT2D eigenvalue weighted by Gasteiger charge is 2.31. The van der Waals surface area contributed by atoms with E-state index in [1.165, 1.54) is 4.90 Å². The van der Waals surface area contributed by atoms with Gasteiger partial charge >= 0.3 is 0 Å². The monoisotopic (exact) mass is 286 g/mol.